The SMILES string of the molecule is O=C(Cc1ccccc1)OCc1cc(=O)n2c(n1)sc1ccccc12. The highest BCUT2D eigenvalue weighted by atomic mass is 32.1. The predicted octanol–water partition coefficient (Wildman–Crippen LogP) is 3.20. The largest absolute Gasteiger partial charge is 0.459 e. The average molecular weight is 350 g/mol. The number of benzene rings is 2. The molecule has 0 fully saturated rings. The third-order valence-corrected chi connectivity index (χ3v) is 4.84. The van der Waals surface area contributed by atoms with E-state index in [0.29, 0.717) is 10.7 Å². The normalized spacial score (nSPS) is 11.0. The second-order valence-corrected chi connectivity index (χ2v) is 6.61. The fourth-order valence-corrected chi connectivity index (χ4v) is 3.71. The number of hydrogen-bond acceptors (Lipinski definition) is 5. The van der Waals surface area contributed by atoms with Gasteiger partial charge in [-0.15, -0.1) is 0 Å². The minimum Gasteiger partial charge on any atom is -0.459 e. The second-order valence-electron chi connectivity index (χ2n) is 5.60. The van der Waals surface area contributed by atoms with Crippen molar-refractivity contribution in [3.8, 4) is 0 Å². The van der Waals surface area contributed by atoms with Crippen molar-refractivity contribution in [3.05, 3.63) is 82.3 Å². The van der Waals surface area contributed by atoms with Crippen LogP contribution in [0.25, 0.3) is 15.2 Å². The van der Waals surface area contributed by atoms with Crippen molar-refractivity contribution >= 4 is 32.5 Å². The molecule has 2 aromatic carbocycles. The highest BCUT2D eigenvalue weighted by Gasteiger charge is 2.11. The van der Waals surface area contributed by atoms with Crippen LogP contribution in [0.3, 0.4) is 0 Å². The van der Waals surface area contributed by atoms with Gasteiger partial charge in [0.25, 0.3) is 5.56 Å². The first-order chi connectivity index (χ1) is 12.2. The number of hydrogen-bond donors (Lipinski definition) is 0. The summed E-state index contributed by atoms with van der Waals surface area (Å²) in [5, 5.41) is 0. The molecule has 0 spiro atoms. The molecule has 2 heterocycles. The van der Waals surface area contributed by atoms with Crippen LogP contribution < -0.4 is 5.56 Å². The van der Waals surface area contributed by atoms with E-state index >= 15 is 0 Å². The number of esters is 1. The van der Waals surface area contributed by atoms with Crippen molar-refractivity contribution in [2.45, 2.75) is 13.0 Å². The predicted molar refractivity (Wildman–Crippen MR) is 96.8 cm³/mol. The van der Waals surface area contributed by atoms with Gasteiger partial charge in [-0.1, -0.05) is 53.8 Å². The Kier molecular flexibility index (Phi) is 4.03. The number of nitrogens with zero attached hydrogens (tertiary/aromatic N) is 2. The molecular formula is C19H14N2O3S. The van der Waals surface area contributed by atoms with Gasteiger partial charge in [0.2, 0.25) is 0 Å². The van der Waals surface area contributed by atoms with E-state index in [0.717, 1.165) is 15.8 Å². The molecule has 0 N–H and O–H groups in total. The van der Waals surface area contributed by atoms with Crippen molar-refractivity contribution in [1.29, 1.82) is 0 Å². The summed E-state index contributed by atoms with van der Waals surface area (Å²) in [7, 11) is 0. The van der Waals surface area contributed by atoms with E-state index in [1.165, 1.54) is 17.4 Å². The van der Waals surface area contributed by atoms with E-state index in [9.17, 15) is 9.59 Å². The first-order valence-electron chi connectivity index (χ1n) is 7.80. The highest BCUT2D eigenvalue weighted by molar-refractivity contribution is 7.23. The molecule has 0 aliphatic carbocycles. The number of carbonyl (C=O) groups is 1. The maximum Gasteiger partial charge on any atom is 0.310 e. The molecule has 25 heavy (non-hydrogen) atoms. The maximum absolute atomic E-state index is 12.4. The zero-order valence-electron chi connectivity index (χ0n) is 13.2. The van der Waals surface area contributed by atoms with E-state index in [2.05, 4.69) is 4.98 Å². The molecule has 0 aliphatic heterocycles. The molecule has 124 valence electrons. The number of aromatic nitrogens is 2. The molecule has 0 aliphatic rings. The molecule has 0 amide bonds. The molecule has 0 unspecified atom stereocenters. The van der Waals surface area contributed by atoms with Crippen LogP contribution in [0.15, 0.2) is 65.5 Å². The van der Waals surface area contributed by atoms with Crippen LogP contribution in [0.1, 0.15) is 11.3 Å². The average Bonchev–Trinajstić information content (AvgIpc) is 2.99. The quantitative estimate of drug-likeness (QED) is 0.530. The molecule has 0 saturated heterocycles. The van der Waals surface area contributed by atoms with E-state index in [-0.39, 0.29) is 24.6 Å². The topological polar surface area (TPSA) is 60.7 Å². The number of ether oxygens (including phenoxy) is 1. The van der Waals surface area contributed by atoms with Crippen LogP contribution in [0.2, 0.25) is 0 Å². The van der Waals surface area contributed by atoms with Crippen molar-refractivity contribution in [1.82, 2.24) is 9.38 Å². The molecule has 0 bridgehead atoms. The zero-order valence-corrected chi connectivity index (χ0v) is 14.0. The summed E-state index contributed by atoms with van der Waals surface area (Å²) in [6.45, 7) is -0.00828. The summed E-state index contributed by atoms with van der Waals surface area (Å²) in [6, 6.07) is 18.5. The van der Waals surface area contributed by atoms with Gasteiger partial charge >= 0.3 is 5.97 Å². The molecule has 4 rings (SSSR count). The minimum absolute atomic E-state index is 0.00828. The van der Waals surface area contributed by atoms with Gasteiger partial charge in [0, 0.05) is 6.07 Å². The lowest BCUT2D eigenvalue weighted by molar-refractivity contribution is -0.144. The van der Waals surface area contributed by atoms with Gasteiger partial charge in [0.1, 0.15) is 6.61 Å². The fourth-order valence-electron chi connectivity index (χ4n) is 2.67. The first kappa shape index (κ1) is 15.5. The van der Waals surface area contributed by atoms with E-state index in [1.807, 2.05) is 54.6 Å². The number of para-hydroxylation sites is 1. The van der Waals surface area contributed by atoms with Gasteiger partial charge in [-0.2, -0.15) is 0 Å². The summed E-state index contributed by atoms with van der Waals surface area (Å²) < 4.78 is 7.83. The van der Waals surface area contributed by atoms with Gasteiger partial charge in [0.15, 0.2) is 4.96 Å². The van der Waals surface area contributed by atoms with E-state index in [4.69, 9.17) is 4.74 Å². The van der Waals surface area contributed by atoms with Crippen LogP contribution in [-0.2, 0) is 22.6 Å². The van der Waals surface area contributed by atoms with Crippen LogP contribution >= 0.6 is 11.3 Å². The van der Waals surface area contributed by atoms with Gasteiger partial charge in [0.05, 0.1) is 22.3 Å². The Morgan fingerprint density at radius 3 is 2.68 bits per heavy atom. The summed E-state index contributed by atoms with van der Waals surface area (Å²) in [6.07, 6.45) is 0.199. The molecular weight excluding hydrogens is 336 g/mol. The Morgan fingerprint density at radius 1 is 1.08 bits per heavy atom. The standard InChI is InChI=1S/C19H14N2O3S/c22-17-11-14(12-24-18(23)10-13-6-2-1-3-7-13)20-19-21(17)15-8-4-5-9-16(15)25-19/h1-9,11H,10,12H2. The Morgan fingerprint density at radius 2 is 1.84 bits per heavy atom. The van der Waals surface area contributed by atoms with E-state index < -0.39 is 0 Å². The smallest absolute Gasteiger partial charge is 0.310 e. The molecule has 0 radical (unpaired) electrons. The minimum atomic E-state index is -0.343. The van der Waals surface area contributed by atoms with Gasteiger partial charge in [-0.3, -0.25) is 14.0 Å². The van der Waals surface area contributed by atoms with Crippen molar-refractivity contribution in [2.24, 2.45) is 0 Å². The lowest BCUT2D eigenvalue weighted by atomic mass is 10.2. The first-order valence-corrected chi connectivity index (χ1v) is 8.62. The Bertz CT molecular complexity index is 1120. The van der Waals surface area contributed by atoms with Crippen LogP contribution in [0.5, 0.6) is 0 Å². The molecule has 0 atom stereocenters. The number of carbonyl (C=O) groups excluding carboxylic acids is 1. The van der Waals surface area contributed by atoms with Crippen LogP contribution in [-0.4, -0.2) is 15.4 Å². The summed E-state index contributed by atoms with van der Waals surface area (Å²) in [5.41, 5.74) is 2.02. The summed E-state index contributed by atoms with van der Waals surface area (Å²) in [5.74, 6) is -0.343. The summed E-state index contributed by atoms with van der Waals surface area (Å²) in [4.78, 5) is 29.4. The Hall–Kier alpha value is -2.99. The second kappa shape index (κ2) is 6.49. The monoisotopic (exact) mass is 350 g/mol. The van der Waals surface area contributed by atoms with Crippen molar-refractivity contribution in [2.75, 3.05) is 0 Å². The zero-order chi connectivity index (χ0) is 17.2. The number of rotatable bonds is 4. The van der Waals surface area contributed by atoms with Gasteiger partial charge in [-0.05, 0) is 17.7 Å². The Balaban J connectivity index is 1.55. The molecule has 4 aromatic rings. The number of fused-ring (bicyclic) bond motifs is 3. The van der Waals surface area contributed by atoms with Gasteiger partial charge in [-0.25, -0.2) is 4.98 Å². The highest BCUT2D eigenvalue weighted by Crippen LogP contribution is 2.23. The lowest BCUT2D eigenvalue weighted by Crippen LogP contribution is -2.15. The van der Waals surface area contributed by atoms with E-state index in [1.54, 1.807) is 4.40 Å². The van der Waals surface area contributed by atoms with Gasteiger partial charge < -0.3 is 4.74 Å². The van der Waals surface area contributed by atoms with Crippen LogP contribution in [0, 0.1) is 0 Å². The molecule has 0 saturated carbocycles. The Labute approximate surface area is 147 Å². The lowest BCUT2D eigenvalue weighted by Gasteiger charge is -2.05. The maximum atomic E-state index is 12.4. The molecule has 6 heteroatoms. The van der Waals surface area contributed by atoms with Crippen molar-refractivity contribution in [3.63, 3.8) is 0 Å². The van der Waals surface area contributed by atoms with Crippen molar-refractivity contribution < 1.29 is 9.53 Å². The fraction of sp³-hybridized carbons (Fsp3) is 0.105. The number of thiazole rings is 1. The molecule has 5 nitrogen and oxygen atoms in total. The molecule has 2 aromatic heterocycles. The summed E-state index contributed by atoms with van der Waals surface area (Å²) >= 11 is 1.44. The third kappa shape index (κ3) is 3.16. The van der Waals surface area contributed by atoms with Crippen LogP contribution in [0.4, 0.5) is 0 Å². The third-order valence-electron chi connectivity index (χ3n) is 3.82.